The zero-order valence-electron chi connectivity index (χ0n) is 12.5. The van der Waals surface area contributed by atoms with Gasteiger partial charge in [-0.05, 0) is 63.7 Å². The van der Waals surface area contributed by atoms with Crippen LogP contribution < -0.4 is 14.8 Å². The third-order valence-corrected chi connectivity index (χ3v) is 3.60. The molecular weight excluding hydrogens is 257 g/mol. The number of hydrogen-bond donors (Lipinski definition) is 1. The van der Waals surface area contributed by atoms with E-state index in [1.807, 2.05) is 13.8 Å². The lowest BCUT2D eigenvalue weighted by Crippen LogP contribution is -2.31. The van der Waals surface area contributed by atoms with Gasteiger partial charge in [-0.3, -0.25) is 0 Å². The van der Waals surface area contributed by atoms with Crippen molar-refractivity contribution in [3.05, 3.63) is 23.5 Å². The van der Waals surface area contributed by atoms with Crippen LogP contribution in [0.15, 0.2) is 12.1 Å². The fourth-order valence-corrected chi connectivity index (χ4v) is 2.65. The summed E-state index contributed by atoms with van der Waals surface area (Å²) in [7, 11) is 1.59. The van der Waals surface area contributed by atoms with Gasteiger partial charge in [0.05, 0.1) is 13.2 Å². The highest BCUT2D eigenvalue weighted by molar-refractivity contribution is 5.44. The van der Waals surface area contributed by atoms with Crippen molar-refractivity contribution in [3.63, 3.8) is 0 Å². The van der Waals surface area contributed by atoms with Crippen LogP contribution in [0.3, 0.4) is 0 Å². The van der Waals surface area contributed by atoms with Gasteiger partial charge in [-0.2, -0.15) is 0 Å². The fourth-order valence-electron chi connectivity index (χ4n) is 2.65. The van der Waals surface area contributed by atoms with E-state index in [4.69, 9.17) is 9.47 Å². The first kappa shape index (κ1) is 15.1. The van der Waals surface area contributed by atoms with Gasteiger partial charge in [-0.25, -0.2) is 4.39 Å². The fraction of sp³-hybridized carbons (Fsp3) is 0.625. The molecule has 112 valence electrons. The summed E-state index contributed by atoms with van der Waals surface area (Å²) < 4.78 is 25.1. The molecule has 0 saturated carbocycles. The maximum absolute atomic E-state index is 14.2. The Balaban J connectivity index is 2.16. The van der Waals surface area contributed by atoms with E-state index in [9.17, 15) is 4.39 Å². The summed E-state index contributed by atoms with van der Waals surface area (Å²) in [6.45, 7) is 5.87. The van der Waals surface area contributed by atoms with Crippen LogP contribution in [0, 0.1) is 11.7 Å². The molecule has 1 aliphatic rings. The summed E-state index contributed by atoms with van der Waals surface area (Å²) in [6.07, 6.45) is 3.06. The van der Waals surface area contributed by atoms with E-state index in [1.165, 1.54) is 6.07 Å². The second-order valence-electron chi connectivity index (χ2n) is 5.68. The first-order chi connectivity index (χ1) is 9.60. The smallest absolute Gasteiger partial charge is 0.164 e. The molecule has 4 heteroatoms. The van der Waals surface area contributed by atoms with Crippen molar-refractivity contribution in [2.75, 3.05) is 20.2 Å². The van der Waals surface area contributed by atoms with Crippen LogP contribution in [0.1, 0.15) is 32.3 Å². The highest BCUT2D eigenvalue weighted by Gasteiger charge is 2.18. The molecule has 1 fully saturated rings. The minimum atomic E-state index is -0.202. The molecule has 1 aromatic carbocycles. The van der Waals surface area contributed by atoms with E-state index in [-0.39, 0.29) is 11.9 Å². The van der Waals surface area contributed by atoms with Crippen molar-refractivity contribution in [1.29, 1.82) is 0 Å². The van der Waals surface area contributed by atoms with Crippen LogP contribution in [0.4, 0.5) is 4.39 Å². The Bertz CT molecular complexity index is 442. The summed E-state index contributed by atoms with van der Waals surface area (Å²) in [5.41, 5.74) is 0.714. The molecule has 1 atom stereocenters. The van der Waals surface area contributed by atoms with Gasteiger partial charge in [0, 0.05) is 6.07 Å². The van der Waals surface area contributed by atoms with Gasteiger partial charge in [0.2, 0.25) is 0 Å². The lowest BCUT2D eigenvalue weighted by molar-refractivity contribution is 0.228. The lowest BCUT2D eigenvalue weighted by Gasteiger charge is -2.23. The Morgan fingerprint density at radius 1 is 1.35 bits per heavy atom. The van der Waals surface area contributed by atoms with Gasteiger partial charge in [0.1, 0.15) is 5.82 Å². The van der Waals surface area contributed by atoms with Crippen LogP contribution in [0.5, 0.6) is 11.5 Å². The molecule has 20 heavy (non-hydrogen) atoms. The molecular formula is C16H24FNO2. The van der Waals surface area contributed by atoms with Crippen molar-refractivity contribution in [2.24, 2.45) is 5.92 Å². The predicted octanol–water partition coefficient (Wildman–Crippen LogP) is 3.16. The summed E-state index contributed by atoms with van der Waals surface area (Å²) in [5.74, 6) is 1.39. The van der Waals surface area contributed by atoms with E-state index in [1.54, 1.807) is 13.2 Å². The van der Waals surface area contributed by atoms with Crippen molar-refractivity contribution in [1.82, 2.24) is 5.32 Å². The van der Waals surface area contributed by atoms with Gasteiger partial charge in [-0.1, -0.05) is 0 Å². The number of hydrogen-bond acceptors (Lipinski definition) is 3. The van der Waals surface area contributed by atoms with Crippen LogP contribution in [0.25, 0.3) is 0 Å². The number of benzene rings is 1. The minimum absolute atomic E-state index is 0.00306. The number of nitrogens with one attached hydrogen (secondary N) is 1. The normalized spacial score (nSPS) is 19.1. The highest BCUT2D eigenvalue weighted by Crippen LogP contribution is 2.32. The van der Waals surface area contributed by atoms with Crippen molar-refractivity contribution in [2.45, 2.75) is 39.2 Å². The summed E-state index contributed by atoms with van der Waals surface area (Å²) in [5, 5.41) is 3.36. The number of rotatable bonds is 5. The van der Waals surface area contributed by atoms with Crippen LogP contribution in [-0.4, -0.2) is 26.3 Å². The molecule has 0 amide bonds. The van der Waals surface area contributed by atoms with E-state index in [2.05, 4.69) is 5.32 Å². The Hall–Kier alpha value is -1.29. The SMILES string of the molecule is COc1cc(CC2CCCNC2)c(F)cc1OC(C)C. The predicted molar refractivity (Wildman–Crippen MR) is 78.0 cm³/mol. The average molecular weight is 281 g/mol. The molecule has 1 N–H and O–H groups in total. The monoisotopic (exact) mass is 281 g/mol. The Labute approximate surface area is 120 Å². The molecule has 0 aliphatic carbocycles. The molecule has 2 rings (SSSR count). The number of piperidine rings is 1. The van der Waals surface area contributed by atoms with Gasteiger partial charge >= 0.3 is 0 Å². The molecule has 3 nitrogen and oxygen atoms in total. The summed E-state index contributed by atoms with van der Waals surface area (Å²) >= 11 is 0. The Morgan fingerprint density at radius 2 is 2.15 bits per heavy atom. The third kappa shape index (κ3) is 3.85. The van der Waals surface area contributed by atoms with Crippen molar-refractivity contribution in [3.8, 4) is 11.5 Å². The molecule has 0 radical (unpaired) electrons. The van der Waals surface area contributed by atoms with Gasteiger partial charge in [-0.15, -0.1) is 0 Å². The molecule has 1 unspecified atom stereocenters. The van der Waals surface area contributed by atoms with E-state index in [0.717, 1.165) is 32.4 Å². The standard InChI is InChI=1S/C16H24FNO2/c1-11(2)20-16-9-14(17)13(8-15(16)19-3)7-12-5-4-6-18-10-12/h8-9,11-12,18H,4-7,10H2,1-3H3. The van der Waals surface area contributed by atoms with Crippen molar-refractivity contribution >= 4 is 0 Å². The molecule has 1 saturated heterocycles. The van der Waals surface area contributed by atoms with Gasteiger partial charge in [0.15, 0.2) is 11.5 Å². The Kier molecular flexibility index (Phi) is 5.24. The van der Waals surface area contributed by atoms with Crippen LogP contribution >= 0.6 is 0 Å². The first-order valence-corrected chi connectivity index (χ1v) is 7.34. The summed E-state index contributed by atoms with van der Waals surface area (Å²) in [6, 6.07) is 3.23. The topological polar surface area (TPSA) is 30.5 Å². The van der Waals surface area contributed by atoms with Crippen LogP contribution in [-0.2, 0) is 6.42 Å². The lowest BCUT2D eigenvalue weighted by atomic mass is 9.92. The molecule has 0 spiro atoms. The van der Waals surface area contributed by atoms with E-state index < -0.39 is 0 Å². The zero-order chi connectivity index (χ0) is 14.5. The molecule has 1 heterocycles. The quantitative estimate of drug-likeness (QED) is 0.899. The Morgan fingerprint density at radius 3 is 2.75 bits per heavy atom. The van der Waals surface area contributed by atoms with E-state index in [0.29, 0.717) is 23.0 Å². The van der Waals surface area contributed by atoms with Gasteiger partial charge < -0.3 is 14.8 Å². The largest absolute Gasteiger partial charge is 0.493 e. The molecule has 0 aromatic heterocycles. The zero-order valence-corrected chi connectivity index (χ0v) is 12.5. The van der Waals surface area contributed by atoms with Gasteiger partial charge in [0.25, 0.3) is 0 Å². The maximum Gasteiger partial charge on any atom is 0.164 e. The third-order valence-electron chi connectivity index (χ3n) is 3.60. The molecule has 0 bridgehead atoms. The number of ether oxygens (including phenoxy) is 2. The first-order valence-electron chi connectivity index (χ1n) is 7.34. The molecule has 1 aromatic rings. The second-order valence-corrected chi connectivity index (χ2v) is 5.68. The molecule has 1 aliphatic heterocycles. The summed E-state index contributed by atoms with van der Waals surface area (Å²) in [4.78, 5) is 0. The second kappa shape index (κ2) is 6.93. The highest BCUT2D eigenvalue weighted by atomic mass is 19.1. The van der Waals surface area contributed by atoms with Crippen LogP contribution in [0.2, 0.25) is 0 Å². The maximum atomic E-state index is 14.2. The number of halogens is 1. The average Bonchev–Trinajstić information content (AvgIpc) is 2.42. The van der Waals surface area contributed by atoms with Crippen molar-refractivity contribution < 1.29 is 13.9 Å². The number of methoxy groups -OCH3 is 1. The minimum Gasteiger partial charge on any atom is -0.493 e. The van der Waals surface area contributed by atoms with E-state index >= 15 is 0 Å².